The summed E-state index contributed by atoms with van der Waals surface area (Å²) in [7, 11) is 3.27. The van der Waals surface area contributed by atoms with Crippen LogP contribution in [0.5, 0.6) is 0 Å². The van der Waals surface area contributed by atoms with Crippen LogP contribution in [0.25, 0.3) is 11.0 Å². The molecule has 0 bridgehead atoms. The number of carbonyl (C=O) groups is 2. The maximum Gasteiger partial charge on any atom is 0.522 e. The van der Waals surface area contributed by atoms with Crippen molar-refractivity contribution in [3.63, 3.8) is 0 Å². The van der Waals surface area contributed by atoms with Gasteiger partial charge in [0.1, 0.15) is 17.2 Å². The van der Waals surface area contributed by atoms with Crippen molar-refractivity contribution < 1.29 is 31.9 Å². The lowest BCUT2D eigenvalue weighted by molar-refractivity contribution is -0.327. The number of alkyl halides is 3. The second-order valence-corrected chi connectivity index (χ2v) is 9.00. The van der Waals surface area contributed by atoms with Gasteiger partial charge in [0, 0.05) is 33.3 Å². The Morgan fingerprint density at radius 1 is 1.33 bits per heavy atom. The lowest BCUT2D eigenvalue weighted by Crippen LogP contribution is -2.38. The van der Waals surface area contributed by atoms with Gasteiger partial charge in [-0.1, -0.05) is 12.5 Å². The third-order valence-electron chi connectivity index (χ3n) is 6.39. The van der Waals surface area contributed by atoms with Gasteiger partial charge in [-0.25, -0.2) is 14.1 Å². The summed E-state index contributed by atoms with van der Waals surface area (Å²) in [6, 6.07) is 1.94. The second-order valence-electron chi connectivity index (χ2n) is 9.00. The molecule has 3 N–H and O–H groups in total. The first kappa shape index (κ1) is 27.6. The Morgan fingerprint density at radius 3 is 2.72 bits per heavy atom. The van der Waals surface area contributed by atoms with Crippen molar-refractivity contribution in [3.05, 3.63) is 53.8 Å². The lowest BCUT2D eigenvalue weighted by Gasteiger charge is -2.23. The number of nitrogens with zero attached hydrogens (tertiary/aromatic N) is 5. The smallest absolute Gasteiger partial charge is 0.373 e. The van der Waals surface area contributed by atoms with E-state index in [0.29, 0.717) is 11.0 Å². The molecule has 206 valence electrons. The van der Waals surface area contributed by atoms with Gasteiger partial charge in [0.15, 0.2) is 5.69 Å². The number of halogens is 4. The highest BCUT2D eigenvalue weighted by Crippen LogP contribution is 2.29. The molecule has 10 nitrogen and oxygen atoms in total. The number of likely N-dealkylation sites (tertiary alicyclic amines) is 1. The molecule has 14 heteroatoms. The van der Waals surface area contributed by atoms with E-state index in [2.05, 4.69) is 38.6 Å². The topological polar surface area (TPSA) is 120 Å². The van der Waals surface area contributed by atoms with Gasteiger partial charge in [-0.2, -0.15) is 5.10 Å². The van der Waals surface area contributed by atoms with Crippen LogP contribution in [0.3, 0.4) is 0 Å². The van der Waals surface area contributed by atoms with E-state index < -0.39 is 36.6 Å². The number of rotatable bonds is 7. The van der Waals surface area contributed by atoms with Crippen LogP contribution in [0.1, 0.15) is 28.0 Å². The number of nitrogens with two attached hydrogens (primary N) is 1. The van der Waals surface area contributed by atoms with Crippen molar-refractivity contribution in [3.8, 4) is 11.8 Å². The zero-order valence-corrected chi connectivity index (χ0v) is 21.0. The summed E-state index contributed by atoms with van der Waals surface area (Å²) in [5.41, 5.74) is 6.71. The first-order valence-electron chi connectivity index (χ1n) is 11.8. The highest BCUT2D eigenvalue weighted by Gasteiger charge is 2.39. The Kier molecular flexibility index (Phi) is 7.64. The summed E-state index contributed by atoms with van der Waals surface area (Å²) in [5, 5.41) is 7.23. The van der Waals surface area contributed by atoms with Crippen molar-refractivity contribution in [2.75, 3.05) is 25.5 Å². The molecule has 0 radical (unpaired) electrons. The number of carbonyl (C=O) groups excluding carboxylic acids is 2. The number of hydrogen-bond acceptors (Lipinski definition) is 6. The average molecular weight is 548 g/mol. The number of amides is 2. The summed E-state index contributed by atoms with van der Waals surface area (Å²) >= 11 is 0. The molecular weight excluding hydrogens is 522 g/mol. The molecule has 0 unspecified atom stereocenters. The maximum atomic E-state index is 14.7. The van der Waals surface area contributed by atoms with Crippen LogP contribution < -0.4 is 11.1 Å². The van der Waals surface area contributed by atoms with Crippen molar-refractivity contribution in [1.29, 1.82) is 0 Å². The molecular formula is C25H25F4N7O3. The zero-order valence-electron chi connectivity index (χ0n) is 21.0. The fourth-order valence-corrected chi connectivity index (χ4v) is 4.67. The molecule has 2 aromatic heterocycles. The third-order valence-corrected chi connectivity index (χ3v) is 6.39. The van der Waals surface area contributed by atoms with Crippen LogP contribution in [0.2, 0.25) is 0 Å². The number of ether oxygens (including phenoxy) is 1. The van der Waals surface area contributed by atoms with Crippen molar-refractivity contribution in [2.45, 2.75) is 25.4 Å². The summed E-state index contributed by atoms with van der Waals surface area (Å²) in [4.78, 5) is 30.0. The number of fused-ring (bicyclic) bond motifs is 1. The first-order chi connectivity index (χ1) is 18.4. The molecule has 4 rings (SSSR count). The maximum absolute atomic E-state index is 14.7. The molecule has 1 aromatic carbocycles. The van der Waals surface area contributed by atoms with E-state index in [1.807, 2.05) is 0 Å². The number of nitrogens with one attached hydrogen (secondary N) is 1. The number of anilines is 1. The van der Waals surface area contributed by atoms with Gasteiger partial charge < -0.3 is 20.5 Å². The molecule has 0 saturated carbocycles. The number of benzene rings is 1. The SMILES string of the molecule is C=CC(=O)N1C[C@@H](Cn2nc(C#Cc3cc4ncn(C)c4cc3F)c(C(N)=O)c2NC)C[C@@H]1COC(F)(F)F. The summed E-state index contributed by atoms with van der Waals surface area (Å²) in [6.07, 6.45) is -2.09. The monoisotopic (exact) mass is 547 g/mol. The van der Waals surface area contributed by atoms with E-state index in [9.17, 15) is 27.2 Å². The van der Waals surface area contributed by atoms with E-state index in [4.69, 9.17) is 5.73 Å². The predicted octanol–water partition coefficient (Wildman–Crippen LogP) is 2.39. The Balaban J connectivity index is 1.63. The molecule has 1 fully saturated rings. The van der Waals surface area contributed by atoms with Crippen LogP contribution >= 0.6 is 0 Å². The van der Waals surface area contributed by atoms with Crippen molar-refractivity contribution in [2.24, 2.45) is 18.7 Å². The molecule has 3 aromatic rings. The summed E-state index contributed by atoms with van der Waals surface area (Å²) in [5.74, 6) is 3.32. The highest BCUT2D eigenvalue weighted by atomic mass is 19.4. The fraction of sp³-hybridized carbons (Fsp3) is 0.360. The Morgan fingerprint density at radius 2 is 2.08 bits per heavy atom. The van der Waals surface area contributed by atoms with Gasteiger partial charge in [-0.05, 0) is 30.4 Å². The van der Waals surface area contributed by atoms with Gasteiger partial charge in [0.05, 0.1) is 35.6 Å². The van der Waals surface area contributed by atoms with E-state index in [1.165, 1.54) is 28.8 Å². The van der Waals surface area contributed by atoms with Crippen LogP contribution in [0.4, 0.5) is 23.4 Å². The minimum Gasteiger partial charge on any atom is -0.373 e. The molecule has 2 amide bonds. The highest BCUT2D eigenvalue weighted by molar-refractivity contribution is 6.00. The van der Waals surface area contributed by atoms with Gasteiger partial charge in [0.2, 0.25) is 5.91 Å². The fourth-order valence-electron chi connectivity index (χ4n) is 4.67. The molecule has 1 saturated heterocycles. The molecule has 39 heavy (non-hydrogen) atoms. The van der Waals surface area contributed by atoms with Crippen LogP contribution in [-0.4, -0.2) is 68.6 Å². The normalized spacial score (nSPS) is 17.2. The first-order valence-corrected chi connectivity index (χ1v) is 11.8. The van der Waals surface area contributed by atoms with Crippen molar-refractivity contribution >= 4 is 28.7 Å². The number of imidazole rings is 1. The lowest BCUT2D eigenvalue weighted by atomic mass is 10.1. The van der Waals surface area contributed by atoms with Gasteiger partial charge in [-0.15, -0.1) is 13.2 Å². The Hall–Kier alpha value is -4.38. The van der Waals surface area contributed by atoms with Gasteiger partial charge >= 0.3 is 6.36 Å². The van der Waals surface area contributed by atoms with E-state index in [0.717, 1.165) is 6.08 Å². The predicted molar refractivity (Wildman–Crippen MR) is 133 cm³/mol. The van der Waals surface area contributed by atoms with Gasteiger partial charge in [-0.3, -0.25) is 14.3 Å². The van der Waals surface area contributed by atoms with E-state index >= 15 is 0 Å². The van der Waals surface area contributed by atoms with Crippen LogP contribution in [-0.2, 0) is 23.1 Å². The standard InChI is InChI=1S/C25H25F4N7O3/c1-4-21(37)35-10-14(7-16(35)12-39-25(27,28)29)11-36-24(31-2)22(23(30)38)18(33-36)6-5-15-8-19-20(9-17(15)26)34(3)13-32-19/h4,8-9,13-14,16,31H,1,7,10-12H2,2-3H3,(H2,30,38)/t14-,16+/m0/s1. The van der Waals surface area contributed by atoms with E-state index in [-0.39, 0.29) is 48.1 Å². The summed E-state index contributed by atoms with van der Waals surface area (Å²) < 4.78 is 59.6. The third kappa shape index (κ3) is 5.88. The number of aromatic nitrogens is 4. The van der Waals surface area contributed by atoms with Crippen molar-refractivity contribution in [1.82, 2.24) is 24.2 Å². The average Bonchev–Trinajstić information content (AvgIpc) is 3.55. The minimum absolute atomic E-state index is 0.0126. The summed E-state index contributed by atoms with van der Waals surface area (Å²) in [6.45, 7) is 2.91. The Labute approximate surface area is 220 Å². The van der Waals surface area contributed by atoms with E-state index in [1.54, 1.807) is 17.9 Å². The van der Waals surface area contributed by atoms with Crippen LogP contribution in [0.15, 0.2) is 31.1 Å². The molecule has 0 spiro atoms. The number of aryl methyl sites for hydroxylation is 1. The Bertz CT molecular complexity index is 1500. The van der Waals surface area contributed by atoms with Gasteiger partial charge in [0.25, 0.3) is 5.91 Å². The largest absolute Gasteiger partial charge is 0.522 e. The number of primary amides is 1. The molecule has 2 atom stereocenters. The number of hydrogen-bond donors (Lipinski definition) is 2. The molecule has 0 aliphatic carbocycles. The zero-order chi connectivity index (χ0) is 28.5. The molecule has 1 aliphatic heterocycles. The quantitative estimate of drug-likeness (QED) is 0.266. The minimum atomic E-state index is -4.84. The molecule has 3 heterocycles. The van der Waals surface area contributed by atoms with Crippen LogP contribution in [0, 0.1) is 23.6 Å². The molecule has 1 aliphatic rings. The second kappa shape index (κ2) is 10.8.